The van der Waals surface area contributed by atoms with Crippen LogP contribution in [0.15, 0.2) is 18.2 Å². The van der Waals surface area contributed by atoms with Crippen molar-refractivity contribution in [3.8, 4) is 0 Å². The van der Waals surface area contributed by atoms with Crippen molar-refractivity contribution >= 4 is 23.2 Å². The number of anilines is 2. The molecule has 0 radical (unpaired) electrons. The van der Waals surface area contributed by atoms with Crippen LogP contribution in [0.25, 0.3) is 0 Å². The van der Waals surface area contributed by atoms with Gasteiger partial charge in [-0.25, -0.2) is 0 Å². The summed E-state index contributed by atoms with van der Waals surface area (Å²) in [6, 6.07) is 5.29. The Kier molecular flexibility index (Phi) is 4.01. The van der Waals surface area contributed by atoms with E-state index in [9.17, 15) is 9.59 Å². The molecule has 0 bridgehead atoms. The molecule has 1 fully saturated rings. The number of hydrogen-bond acceptors (Lipinski definition) is 4. The van der Waals surface area contributed by atoms with Crippen LogP contribution >= 0.6 is 0 Å². The summed E-state index contributed by atoms with van der Waals surface area (Å²) >= 11 is 0. The van der Waals surface area contributed by atoms with E-state index in [0.717, 1.165) is 5.56 Å². The van der Waals surface area contributed by atoms with Gasteiger partial charge in [0.1, 0.15) is 0 Å². The summed E-state index contributed by atoms with van der Waals surface area (Å²) < 4.78 is 0. The Hall–Kier alpha value is -2.08. The predicted octanol–water partition coefficient (Wildman–Crippen LogP) is -0.0525. The summed E-state index contributed by atoms with van der Waals surface area (Å²) in [7, 11) is 0. The first-order valence-electron chi connectivity index (χ1n) is 6.25. The van der Waals surface area contributed by atoms with Crippen LogP contribution in [-0.4, -0.2) is 42.9 Å². The molecule has 1 heterocycles. The molecular weight excluding hydrogens is 244 g/mol. The number of nitrogens with two attached hydrogens (primary N) is 1. The van der Waals surface area contributed by atoms with E-state index < -0.39 is 11.8 Å². The molecule has 0 atom stereocenters. The number of nitrogen functional groups attached to an aromatic ring is 1. The van der Waals surface area contributed by atoms with Gasteiger partial charge in [0.05, 0.1) is 11.4 Å². The van der Waals surface area contributed by atoms with Crippen LogP contribution in [0.1, 0.15) is 5.56 Å². The molecule has 1 saturated heterocycles. The highest BCUT2D eigenvalue weighted by atomic mass is 16.2. The van der Waals surface area contributed by atoms with Gasteiger partial charge in [-0.05, 0) is 24.6 Å². The molecule has 0 spiro atoms. The first-order valence-corrected chi connectivity index (χ1v) is 6.25. The van der Waals surface area contributed by atoms with Crippen LogP contribution < -0.4 is 16.4 Å². The van der Waals surface area contributed by atoms with E-state index in [4.69, 9.17) is 5.73 Å². The summed E-state index contributed by atoms with van der Waals surface area (Å²) in [6.45, 7) is 4.44. The third-order valence-corrected chi connectivity index (χ3v) is 3.05. The Morgan fingerprint density at radius 3 is 2.63 bits per heavy atom. The second-order valence-corrected chi connectivity index (χ2v) is 4.59. The molecule has 1 aromatic carbocycles. The van der Waals surface area contributed by atoms with E-state index in [1.807, 2.05) is 13.0 Å². The Morgan fingerprint density at radius 2 is 2.00 bits per heavy atom. The Morgan fingerprint density at radius 1 is 1.32 bits per heavy atom. The fourth-order valence-corrected chi connectivity index (χ4v) is 1.98. The molecule has 2 amide bonds. The van der Waals surface area contributed by atoms with Crippen molar-refractivity contribution in [2.75, 3.05) is 37.2 Å². The topological polar surface area (TPSA) is 87.5 Å². The van der Waals surface area contributed by atoms with E-state index in [0.29, 0.717) is 37.6 Å². The molecule has 0 aromatic heterocycles. The number of nitrogens with zero attached hydrogens (tertiary/aromatic N) is 1. The standard InChI is InChI=1S/C13H18N4O2/c1-9-2-3-11(10(14)8-9)16-12(18)13(19)17-6-4-15-5-7-17/h2-3,8,15H,4-7,14H2,1H3,(H,16,18). The first kappa shape index (κ1) is 13.4. The summed E-state index contributed by atoms with van der Waals surface area (Å²) in [5.41, 5.74) is 7.73. The van der Waals surface area contributed by atoms with Gasteiger partial charge in [-0.3, -0.25) is 9.59 Å². The second-order valence-electron chi connectivity index (χ2n) is 4.59. The van der Waals surface area contributed by atoms with E-state index in [2.05, 4.69) is 10.6 Å². The van der Waals surface area contributed by atoms with Gasteiger partial charge in [0.15, 0.2) is 0 Å². The van der Waals surface area contributed by atoms with Crippen LogP contribution in [0.4, 0.5) is 11.4 Å². The lowest BCUT2D eigenvalue weighted by Crippen LogP contribution is -2.49. The predicted molar refractivity (Wildman–Crippen MR) is 73.7 cm³/mol. The maximum absolute atomic E-state index is 11.9. The zero-order valence-corrected chi connectivity index (χ0v) is 10.9. The minimum Gasteiger partial charge on any atom is -0.397 e. The van der Waals surface area contributed by atoms with Gasteiger partial charge in [0.25, 0.3) is 0 Å². The van der Waals surface area contributed by atoms with Crippen LogP contribution in [0, 0.1) is 6.92 Å². The van der Waals surface area contributed by atoms with Gasteiger partial charge >= 0.3 is 11.8 Å². The lowest BCUT2D eigenvalue weighted by atomic mass is 10.2. The zero-order chi connectivity index (χ0) is 13.8. The first-order chi connectivity index (χ1) is 9.08. The van der Waals surface area contributed by atoms with Gasteiger partial charge in [0.2, 0.25) is 0 Å². The number of hydrogen-bond donors (Lipinski definition) is 3. The average molecular weight is 262 g/mol. The molecule has 0 unspecified atom stereocenters. The molecule has 2 rings (SSSR count). The van der Waals surface area contributed by atoms with Crippen molar-refractivity contribution in [1.29, 1.82) is 0 Å². The zero-order valence-electron chi connectivity index (χ0n) is 10.9. The van der Waals surface area contributed by atoms with E-state index in [-0.39, 0.29) is 0 Å². The second kappa shape index (κ2) is 5.71. The lowest BCUT2D eigenvalue weighted by Gasteiger charge is -2.26. The highest BCUT2D eigenvalue weighted by molar-refractivity contribution is 6.39. The number of carbonyl (C=O) groups excluding carboxylic acids is 2. The number of rotatable bonds is 1. The maximum atomic E-state index is 11.9. The van der Waals surface area contributed by atoms with Crippen molar-refractivity contribution in [2.45, 2.75) is 6.92 Å². The minimum atomic E-state index is -0.641. The summed E-state index contributed by atoms with van der Waals surface area (Å²) in [6.07, 6.45) is 0. The SMILES string of the molecule is Cc1ccc(NC(=O)C(=O)N2CCNCC2)c(N)c1. The molecule has 0 aliphatic carbocycles. The normalized spacial score (nSPS) is 15.1. The van der Waals surface area contributed by atoms with Crippen LogP contribution in [0.5, 0.6) is 0 Å². The fraction of sp³-hybridized carbons (Fsp3) is 0.385. The Balaban J connectivity index is 2.01. The van der Waals surface area contributed by atoms with Gasteiger partial charge < -0.3 is 21.3 Å². The average Bonchev–Trinajstić information content (AvgIpc) is 2.42. The molecule has 1 aromatic rings. The van der Waals surface area contributed by atoms with E-state index in [1.54, 1.807) is 12.1 Å². The monoisotopic (exact) mass is 262 g/mol. The molecule has 19 heavy (non-hydrogen) atoms. The van der Waals surface area contributed by atoms with Crippen LogP contribution in [0.3, 0.4) is 0 Å². The number of nitrogens with one attached hydrogen (secondary N) is 2. The molecule has 6 heteroatoms. The molecule has 0 saturated carbocycles. The quantitative estimate of drug-likeness (QED) is 0.489. The smallest absolute Gasteiger partial charge is 0.313 e. The van der Waals surface area contributed by atoms with Gasteiger partial charge in [-0.15, -0.1) is 0 Å². The summed E-state index contributed by atoms with van der Waals surface area (Å²) in [5.74, 6) is -1.15. The van der Waals surface area contributed by atoms with Crippen molar-refractivity contribution in [2.24, 2.45) is 0 Å². The number of benzene rings is 1. The van der Waals surface area contributed by atoms with Gasteiger partial charge in [0, 0.05) is 26.2 Å². The summed E-state index contributed by atoms with van der Waals surface area (Å²) in [5, 5.41) is 5.69. The molecular formula is C13H18N4O2. The van der Waals surface area contributed by atoms with Crippen LogP contribution in [-0.2, 0) is 9.59 Å². The van der Waals surface area contributed by atoms with Crippen molar-refractivity contribution in [3.05, 3.63) is 23.8 Å². The molecule has 102 valence electrons. The third-order valence-electron chi connectivity index (χ3n) is 3.05. The number of amides is 2. The molecule has 6 nitrogen and oxygen atoms in total. The summed E-state index contributed by atoms with van der Waals surface area (Å²) in [4.78, 5) is 25.3. The Labute approximate surface area is 112 Å². The number of aryl methyl sites for hydroxylation is 1. The van der Waals surface area contributed by atoms with Gasteiger partial charge in [-0.2, -0.15) is 0 Å². The van der Waals surface area contributed by atoms with Crippen LogP contribution in [0.2, 0.25) is 0 Å². The van der Waals surface area contributed by atoms with Crippen molar-refractivity contribution in [3.63, 3.8) is 0 Å². The van der Waals surface area contributed by atoms with Crippen molar-refractivity contribution < 1.29 is 9.59 Å². The maximum Gasteiger partial charge on any atom is 0.313 e. The fourth-order valence-electron chi connectivity index (χ4n) is 1.98. The number of carbonyl (C=O) groups is 2. The van der Waals surface area contributed by atoms with E-state index in [1.165, 1.54) is 4.90 Å². The lowest BCUT2D eigenvalue weighted by molar-refractivity contribution is -0.143. The molecule has 1 aliphatic heterocycles. The Bertz CT molecular complexity index is 495. The third kappa shape index (κ3) is 3.23. The van der Waals surface area contributed by atoms with Gasteiger partial charge in [-0.1, -0.05) is 6.07 Å². The molecule has 4 N–H and O–H groups in total. The highest BCUT2D eigenvalue weighted by Crippen LogP contribution is 2.19. The minimum absolute atomic E-state index is 0.460. The highest BCUT2D eigenvalue weighted by Gasteiger charge is 2.23. The van der Waals surface area contributed by atoms with E-state index >= 15 is 0 Å². The molecule has 1 aliphatic rings. The van der Waals surface area contributed by atoms with Crippen molar-refractivity contribution in [1.82, 2.24) is 10.2 Å². The number of piperazine rings is 1. The largest absolute Gasteiger partial charge is 0.397 e.